The molecule has 2 aliphatic heterocycles. The van der Waals surface area contributed by atoms with E-state index in [1.807, 2.05) is 12.1 Å². The number of benzene rings is 1. The lowest BCUT2D eigenvalue weighted by Crippen LogP contribution is -2.49. The fourth-order valence-corrected chi connectivity index (χ4v) is 3.45. The average molecular weight is 349 g/mol. The number of rotatable bonds is 6. The first-order chi connectivity index (χ1) is 12.1. The Bertz CT molecular complexity index is 605. The first-order valence-electron chi connectivity index (χ1n) is 8.90. The van der Waals surface area contributed by atoms with Gasteiger partial charge in [-0.25, -0.2) is 0 Å². The molecule has 0 spiro atoms. The fourth-order valence-electron chi connectivity index (χ4n) is 3.45. The number of nitrogens with one attached hydrogen (secondary N) is 1. The molecule has 1 aromatic carbocycles. The Labute approximate surface area is 148 Å². The summed E-state index contributed by atoms with van der Waals surface area (Å²) >= 11 is 0. The van der Waals surface area contributed by atoms with Gasteiger partial charge in [-0.3, -0.25) is 4.79 Å². The Hall–Kier alpha value is -1.63. The standard InChI is InChI=1S/C19H27NO5/c1-12-7-14-8-13(3-5-16(14)25-12)4-6-18(21)20-9-15-10-24-11-17(23-2)19(15)22/h3,5,8,12,15,17,19,22H,4,6-7,9-11H2,1-2H3,(H,20,21)/t12-,15+,17+,19-/m0/s1. The first kappa shape index (κ1) is 18.2. The topological polar surface area (TPSA) is 77.0 Å². The van der Waals surface area contributed by atoms with E-state index in [0.717, 1.165) is 17.7 Å². The molecule has 0 radical (unpaired) electrons. The molecule has 3 rings (SSSR count). The monoisotopic (exact) mass is 349 g/mol. The van der Waals surface area contributed by atoms with Crippen molar-refractivity contribution in [2.75, 3.05) is 26.9 Å². The van der Waals surface area contributed by atoms with Crippen molar-refractivity contribution in [3.63, 3.8) is 0 Å². The van der Waals surface area contributed by atoms with E-state index in [-0.39, 0.29) is 24.0 Å². The Morgan fingerprint density at radius 1 is 1.40 bits per heavy atom. The van der Waals surface area contributed by atoms with Gasteiger partial charge in [0.1, 0.15) is 18.0 Å². The van der Waals surface area contributed by atoms with E-state index < -0.39 is 6.10 Å². The van der Waals surface area contributed by atoms with Gasteiger partial charge in [-0.1, -0.05) is 12.1 Å². The number of ether oxygens (including phenoxy) is 3. The fraction of sp³-hybridized carbons (Fsp3) is 0.632. The molecule has 2 N–H and O–H groups in total. The molecule has 0 aromatic heterocycles. The van der Waals surface area contributed by atoms with Gasteiger partial charge in [-0.15, -0.1) is 0 Å². The molecule has 25 heavy (non-hydrogen) atoms. The lowest BCUT2D eigenvalue weighted by Gasteiger charge is -2.33. The zero-order valence-corrected chi connectivity index (χ0v) is 14.9. The van der Waals surface area contributed by atoms with Gasteiger partial charge in [0.05, 0.1) is 19.3 Å². The molecule has 0 saturated carbocycles. The van der Waals surface area contributed by atoms with Gasteiger partial charge >= 0.3 is 0 Å². The summed E-state index contributed by atoms with van der Waals surface area (Å²) in [6, 6.07) is 6.15. The quantitative estimate of drug-likeness (QED) is 0.804. The molecule has 0 aliphatic carbocycles. The number of hydrogen-bond acceptors (Lipinski definition) is 5. The Morgan fingerprint density at radius 2 is 2.24 bits per heavy atom. The highest BCUT2D eigenvalue weighted by Crippen LogP contribution is 2.29. The van der Waals surface area contributed by atoms with Gasteiger partial charge < -0.3 is 24.6 Å². The Balaban J connectivity index is 1.43. The molecular formula is C19H27NO5. The maximum Gasteiger partial charge on any atom is 0.220 e. The summed E-state index contributed by atoms with van der Waals surface area (Å²) in [7, 11) is 1.56. The van der Waals surface area contributed by atoms with E-state index in [1.165, 1.54) is 5.56 Å². The van der Waals surface area contributed by atoms with Crippen LogP contribution in [0.1, 0.15) is 24.5 Å². The zero-order valence-electron chi connectivity index (χ0n) is 14.9. The average Bonchev–Trinajstić information content (AvgIpc) is 2.98. The van der Waals surface area contributed by atoms with Crippen molar-refractivity contribution in [1.29, 1.82) is 0 Å². The molecule has 0 unspecified atom stereocenters. The minimum atomic E-state index is -0.613. The highest BCUT2D eigenvalue weighted by molar-refractivity contribution is 5.76. The number of amides is 1. The second kappa shape index (κ2) is 8.17. The molecule has 1 aromatic rings. The molecule has 1 fully saturated rings. The third kappa shape index (κ3) is 4.51. The van der Waals surface area contributed by atoms with Crippen molar-refractivity contribution in [2.45, 2.75) is 44.5 Å². The van der Waals surface area contributed by atoms with E-state index >= 15 is 0 Å². The Kier molecular flexibility index (Phi) is 5.93. The molecule has 1 amide bonds. The molecule has 4 atom stereocenters. The predicted molar refractivity (Wildman–Crippen MR) is 92.7 cm³/mol. The van der Waals surface area contributed by atoms with E-state index in [0.29, 0.717) is 32.6 Å². The summed E-state index contributed by atoms with van der Waals surface area (Å²) in [5.41, 5.74) is 2.37. The molecule has 2 aliphatic rings. The van der Waals surface area contributed by atoms with E-state index in [1.54, 1.807) is 7.11 Å². The largest absolute Gasteiger partial charge is 0.490 e. The minimum Gasteiger partial charge on any atom is -0.490 e. The summed E-state index contributed by atoms with van der Waals surface area (Å²) in [4.78, 5) is 12.1. The van der Waals surface area contributed by atoms with Gasteiger partial charge in [0.2, 0.25) is 5.91 Å². The van der Waals surface area contributed by atoms with Crippen LogP contribution < -0.4 is 10.1 Å². The minimum absolute atomic E-state index is 0.0168. The Morgan fingerprint density at radius 3 is 3.04 bits per heavy atom. The second-order valence-electron chi connectivity index (χ2n) is 6.94. The summed E-state index contributed by atoms with van der Waals surface area (Å²) in [6.45, 7) is 3.28. The molecule has 6 nitrogen and oxygen atoms in total. The highest BCUT2D eigenvalue weighted by Gasteiger charge is 2.32. The van der Waals surface area contributed by atoms with E-state index in [2.05, 4.69) is 18.3 Å². The summed E-state index contributed by atoms with van der Waals surface area (Å²) < 4.78 is 16.3. The number of aryl methyl sites for hydroxylation is 1. The third-order valence-electron chi connectivity index (χ3n) is 4.94. The van der Waals surface area contributed by atoms with Crippen LogP contribution in [0.3, 0.4) is 0 Å². The normalized spacial score (nSPS) is 28.3. The molecule has 138 valence electrons. The van der Waals surface area contributed by atoms with Gasteiger partial charge in [0.25, 0.3) is 0 Å². The van der Waals surface area contributed by atoms with Crippen LogP contribution in [0.4, 0.5) is 0 Å². The molecule has 2 heterocycles. The van der Waals surface area contributed by atoms with Gasteiger partial charge in [0, 0.05) is 32.4 Å². The van der Waals surface area contributed by atoms with Gasteiger partial charge in [0.15, 0.2) is 0 Å². The van der Waals surface area contributed by atoms with Crippen LogP contribution in [0, 0.1) is 5.92 Å². The van der Waals surface area contributed by atoms with Crippen LogP contribution in [0.2, 0.25) is 0 Å². The number of hydrogen-bond donors (Lipinski definition) is 2. The SMILES string of the molecule is CO[C@@H]1COC[C@@H](CNC(=O)CCc2ccc3c(c2)C[C@H](C)O3)[C@@H]1O. The summed E-state index contributed by atoms with van der Waals surface area (Å²) in [5, 5.41) is 13.1. The van der Waals surface area contributed by atoms with Crippen LogP contribution in [-0.2, 0) is 27.1 Å². The number of carbonyl (C=O) groups excluding carboxylic acids is 1. The van der Waals surface area contributed by atoms with Crippen molar-refractivity contribution in [3.05, 3.63) is 29.3 Å². The zero-order chi connectivity index (χ0) is 17.8. The first-order valence-corrected chi connectivity index (χ1v) is 8.90. The molecule has 1 saturated heterocycles. The number of aliphatic hydroxyl groups excluding tert-OH is 1. The van der Waals surface area contributed by atoms with Crippen LogP contribution >= 0.6 is 0 Å². The van der Waals surface area contributed by atoms with Gasteiger partial charge in [-0.05, 0) is 30.5 Å². The predicted octanol–water partition coefficient (Wildman–Crippen LogP) is 1.08. The van der Waals surface area contributed by atoms with Crippen LogP contribution in [0.5, 0.6) is 5.75 Å². The maximum absolute atomic E-state index is 12.1. The maximum atomic E-state index is 12.1. The number of aliphatic hydroxyl groups is 1. The van der Waals surface area contributed by atoms with Crippen LogP contribution in [0.25, 0.3) is 0 Å². The molecule has 0 bridgehead atoms. The van der Waals surface area contributed by atoms with Crippen molar-refractivity contribution in [1.82, 2.24) is 5.32 Å². The van der Waals surface area contributed by atoms with E-state index in [9.17, 15) is 9.90 Å². The lowest BCUT2D eigenvalue weighted by molar-refractivity contribution is -0.136. The van der Waals surface area contributed by atoms with Crippen molar-refractivity contribution in [2.24, 2.45) is 5.92 Å². The van der Waals surface area contributed by atoms with Crippen molar-refractivity contribution >= 4 is 5.91 Å². The second-order valence-corrected chi connectivity index (χ2v) is 6.94. The summed E-state index contributed by atoms with van der Waals surface area (Å²) in [6.07, 6.45) is 1.33. The third-order valence-corrected chi connectivity index (χ3v) is 4.94. The smallest absolute Gasteiger partial charge is 0.220 e. The number of fused-ring (bicyclic) bond motifs is 1. The number of carbonyl (C=O) groups is 1. The van der Waals surface area contributed by atoms with Crippen LogP contribution in [0.15, 0.2) is 18.2 Å². The lowest BCUT2D eigenvalue weighted by atomic mass is 9.96. The van der Waals surface area contributed by atoms with E-state index in [4.69, 9.17) is 14.2 Å². The van der Waals surface area contributed by atoms with Gasteiger partial charge in [-0.2, -0.15) is 0 Å². The highest BCUT2D eigenvalue weighted by atomic mass is 16.5. The van der Waals surface area contributed by atoms with Crippen molar-refractivity contribution in [3.8, 4) is 5.75 Å². The summed E-state index contributed by atoms with van der Waals surface area (Å²) in [5.74, 6) is 0.804. The number of methoxy groups -OCH3 is 1. The van der Waals surface area contributed by atoms with Crippen LogP contribution in [-0.4, -0.2) is 56.2 Å². The molecular weight excluding hydrogens is 322 g/mol. The van der Waals surface area contributed by atoms with Crippen molar-refractivity contribution < 1.29 is 24.1 Å². The molecule has 6 heteroatoms.